The van der Waals surface area contributed by atoms with Gasteiger partial charge in [-0.3, -0.25) is 14.9 Å². The van der Waals surface area contributed by atoms with Gasteiger partial charge in [0.05, 0.1) is 5.52 Å². The fourth-order valence-corrected chi connectivity index (χ4v) is 3.23. The van der Waals surface area contributed by atoms with Gasteiger partial charge >= 0.3 is 0 Å². The van der Waals surface area contributed by atoms with Gasteiger partial charge in [0.15, 0.2) is 5.69 Å². The molecule has 1 saturated heterocycles. The van der Waals surface area contributed by atoms with Crippen LogP contribution in [0.5, 0.6) is 5.75 Å². The molecule has 0 saturated carbocycles. The van der Waals surface area contributed by atoms with E-state index in [0.29, 0.717) is 18.8 Å². The van der Waals surface area contributed by atoms with E-state index in [1.54, 1.807) is 12.4 Å². The topological polar surface area (TPSA) is 71.1 Å². The van der Waals surface area contributed by atoms with Crippen molar-refractivity contribution in [1.29, 1.82) is 0 Å². The van der Waals surface area contributed by atoms with E-state index in [4.69, 9.17) is 4.74 Å². The minimum absolute atomic E-state index is 0.0176. The lowest BCUT2D eigenvalue weighted by Crippen LogP contribution is -2.42. The third-order valence-corrected chi connectivity index (χ3v) is 4.66. The van der Waals surface area contributed by atoms with Crippen molar-refractivity contribution >= 4 is 16.8 Å². The number of piperidine rings is 1. The Balaban J connectivity index is 1.42. The van der Waals surface area contributed by atoms with E-state index in [0.717, 1.165) is 35.1 Å². The molecule has 1 amide bonds. The third kappa shape index (κ3) is 3.07. The van der Waals surface area contributed by atoms with Crippen LogP contribution in [0.15, 0.2) is 42.7 Å². The van der Waals surface area contributed by atoms with E-state index in [2.05, 4.69) is 15.2 Å². The lowest BCUT2D eigenvalue weighted by atomic mass is 10.1. The summed E-state index contributed by atoms with van der Waals surface area (Å²) in [6.07, 6.45) is 5.30. The van der Waals surface area contributed by atoms with Crippen LogP contribution in [0.25, 0.3) is 10.9 Å². The normalized spacial score (nSPS) is 15.5. The second kappa shape index (κ2) is 6.55. The maximum Gasteiger partial charge on any atom is 0.274 e. The summed E-state index contributed by atoms with van der Waals surface area (Å²) in [4.78, 5) is 18.7. The zero-order valence-corrected chi connectivity index (χ0v) is 14.1. The minimum Gasteiger partial charge on any atom is -0.490 e. The SMILES string of the molecule is Cc1cnccc1OC1CCN(C(=O)c2n[nH]c3ccccc23)CC1. The fraction of sp³-hybridized carbons (Fsp3) is 0.316. The predicted octanol–water partition coefficient (Wildman–Crippen LogP) is 2.95. The smallest absolute Gasteiger partial charge is 0.274 e. The number of rotatable bonds is 3. The Labute approximate surface area is 145 Å². The highest BCUT2D eigenvalue weighted by atomic mass is 16.5. The summed E-state index contributed by atoms with van der Waals surface area (Å²) in [6, 6.07) is 9.59. The molecular formula is C19H20N4O2. The van der Waals surface area contributed by atoms with Crippen molar-refractivity contribution in [3.05, 3.63) is 54.0 Å². The molecule has 6 nitrogen and oxygen atoms in total. The third-order valence-electron chi connectivity index (χ3n) is 4.66. The number of hydrogen-bond donors (Lipinski definition) is 1. The molecule has 0 spiro atoms. The van der Waals surface area contributed by atoms with Crippen molar-refractivity contribution < 1.29 is 9.53 Å². The highest BCUT2D eigenvalue weighted by molar-refractivity contribution is 6.04. The number of H-pyrrole nitrogens is 1. The molecule has 6 heteroatoms. The molecule has 1 N–H and O–H groups in total. The summed E-state index contributed by atoms with van der Waals surface area (Å²) < 4.78 is 6.08. The minimum atomic E-state index is -0.0176. The number of nitrogens with one attached hydrogen (secondary N) is 1. The van der Waals surface area contributed by atoms with Gasteiger partial charge in [0.1, 0.15) is 11.9 Å². The summed E-state index contributed by atoms with van der Waals surface area (Å²) in [5.41, 5.74) is 2.42. The number of aromatic amines is 1. The van der Waals surface area contributed by atoms with Crippen molar-refractivity contribution in [3.8, 4) is 5.75 Å². The Morgan fingerprint density at radius 1 is 1.24 bits per heavy atom. The number of aryl methyl sites for hydroxylation is 1. The van der Waals surface area contributed by atoms with E-state index < -0.39 is 0 Å². The number of carbonyl (C=O) groups is 1. The molecule has 3 aromatic rings. The number of benzene rings is 1. The van der Waals surface area contributed by atoms with Crippen molar-refractivity contribution in [3.63, 3.8) is 0 Å². The molecule has 0 atom stereocenters. The molecule has 2 aromatic heterocycles. The van der Waals surface area contributed by atoms with Crippen LogP contribution in [0.2, 0.25) is 0 Å². The molecule has 128 valence electrons. The Morgan fingerprint density at radius 3 is 2.84 bits per heavy atom. The maximum atomic E-state index is 12.8. The molecule has 0 radical (unpaired) electrons. The molecule has 0 aliphatic carbocycles. The zero-order chi connectivity index (χ0) is 17.2. The summed E-state index contributed by atoms with van der Waals surface area (Å²) in [7, 11) is 0. The molecule has 4 rings (SSSR count). The van der Waals surface area contributed by atoms with Crippen molar-refractivity contribution in [1.82, 2.24) is 20.1 Å². The molecule has 1 fully saturated rings. The van der Waals surface area contributed by atoms with Crippen LogP contribution in [-0.4, -0.2) is 45.2 Å². The standard InChI is InChI=1S/C19H20N4O2/c1-13-12-20-9-6-17(13)25-14-7-10-23(11-8-14)19(24)18-15-4-2-3-5-16(15)21-22-18/h2-6,9,12,14H,7-8,10-11H2,1H3,(H,21,22). The first-order valence-electron chi connectivity index (χ1n) is 8.52. The lowest BCUT2D eigenvalue weighted by Gasteiger charge is -2.32. The van der Waals surface area contributed by atoms with Gasteiger partial charge in [-0.25, -0.2) is 0 Å². The molecule has 25 heavy (non-hydrogen) atoms. The Morgan fingerprint density at radius 2 is 2.04 bits per heavy atom. The summed E-state index contributed by atoms with van der Waals surface area (Å²) in [5.74, 6) is 0.856. The maximum absolute atomic E-state index is 12.8. The second-order valence-corrected chi connectivity index (χ2v) is 6.37. The number of fused-ring (bicyclic) bond motifs is 1. The average Bonchev–Trinajstić information content (AvgIpc) is 3.08. The van der Waals surface area contributed by atoms with Crippen LogP contribution in [0.3, 0.4) is 0 Å². The highest BCUT2D eigenvalue weighted by Gasteiger charge is 2.27. The number of ether oxygens (including phenoxy) is 1. The summed E-state index contributed by atoms with van der Waals surface area (Å²) in [6.45, 7) is 3.34. The monoisotopic (exact) mass is 336 g/mol. The zero-order valence-electron chi connectivity index (χ0n) is 14.1. The Bertz CT molecular complexity index is 897. The summed E-state index contributed by atoms with van der Waals surface area (Å²) in [5, 5.41) is 8.02. The van der Waals surface area contributed by atoms with Gasteiger partial charge in [0.25, 0.3) is 5.91 Å². The molecule has 0 unspecified atom stereocenters. The number of para-hydroxylation sites is 1. The van der Waals surface area contributed by atoms with Crippen molar-refractivity contribution in [2.45, 2.75) is 25.9 Å². The van der Waals surface area contributed by atoms with Crippen molar-refractivity contribution in [2.24, 2.45) is 0 Å². The van der Waals surface area contributed by atoms with Gasteiger partial charge in [0, 0.05) is 49.3 Å². The lowest BCUT2D eigenvalue weighted by molar-refractivity contribution is 0.0590. The van der Waals surface area contributed by atoms with E-state index in [1.165, 1.54) is 0 Å². The highest BCUT2D eigenvalue weighted by Crippen LogP contribution is 2.23. The van der Waals surface area contributed by atoms with Crippen LogP contribution in [-0.2, 0) is 0 Å². The van der Waals surface area contributed by atoms with Gasteiger partial charge < -0.3 is 9.64 Å². The molecule has 1 aliphatic heterocycles. The first-order valence-corrected chi connectivity index (χ1v) is 8.52. The average molecular weight is 336 g/mol. The number of likely N-dealkylation sites (tertiary alicyclic amines) is 1. The molecular weight excluding hydrogens is 316 g/mol. The van der Waals surface area contributed by atoms with E-state index >= 15 is 0 Å². The van der Waals surface area contributed by atoms with E-state index in [1.807, 2.05) is 42.2 Å². The number of pyridine rings is 1. The van der Waals surface area contributed by atoms with Crippen LogP contribution in [0.1, 0.15) is 28.9 Å². The van der Waals surface area contributed by atoms with Gasteiger partial charge in [-0.05, 0) is 19.1 Å². The first-order chi connectivity index (χ1) is 12.2. The molecule has 3 heterocycles. The Hall–Kier alpha value is -2.89. The van der Waals surface area contributed by atoms with Crippen LogP contribution in [0, 0.1) is 6.92 Å². The van der Waals surface area contributed by atoms with Gasteiger partial charge in [-0.2, -0.15) is 5.10 Å². The van der Waals surface area contributed by atoms with Crippen LogP contribution < -0.4 is 4.74 Å². The molecule has 1 aliphatic rings. The predicted molar refractivity (Wildman–Crippen MR) is 94.6 cm³/mol. The van der Waals surface area contributed by atoms with Crippen molar-refractivity contribution in [2.75, 3.05) is 13.1 Å². The second-order valence-electron chi connectivity index (χ2n) is 6.37. The van der Waals surface area contributed by atoms with Crippen LogP contribution in [0.4, 0.5) is 0 Å². The van der Waals surface area contributed by atoms with Crippen LogP contribution >= 0.6 is 0 Å². The van der Waals surface area contributed by atoms with E-state index in [-0.39, 0.29) is 12.0 Å². The Kier molecular flexibility index (Phi) is 4.09. The number of amides is 1. The molecule has 0 bridgehead atoms. The number of hydrogen-bond acceptors (Lipinski definition) is 4. The number of aromatic nitrogens is 3. The van der Waals surface area contributed by atoms with E-state index in [9.17, 15) is 4.79 Å². The first kappa shape index (κ1) is 15.6. The molecule has 1 aromatic carbocycles. The fourth-order valence-electron chi connectivity index (χ4n) is 3.23. The largest absolute Gasteiger partial charge is 0.490 e. The van der Waals surface area contributed by atoms with Gasteiger partial charge in [-0.1, -0.05) is 18.2 Å². The number of nitrogens with zero attached hydrogens (tertiary/aromatic N) is 3. The quantitative estimate of drug-likeness (QED) is 0.798. The summed E-state index contributed by atoms with van der Waals surface area (Å²) >= 11 is 0. The van der Waals surface area contributed by atoms with Gasteiger partial charge in [-0.15, -0.1) is 0 Å². The van der Waals surface area contributed by atoms with Gasteiger partial charge in [0.2, 0.25) is 0 Å². The number of carbonyl (C=O) groups excluding carboxylic acids is 1.